The molecule has 24 heavy (non-hydrogen) atoms. The largest absolute Gasteiger partial charge is 0.485 e. The standard InChI is InChI=1S/C19H21Cl2NO2/c1-12-3-5-15(6-4-12)22-8-7-16(11-22)24-19-17(20)9-14(13(2)23)10-18(19)21/h3-6,9-10,13,16,23H,7-8,11H2,1-2H3. The number of anilines is 1. The Labute approximate surface area is 152 Å². The van der Waals surface area contributed by atoms with Gasteiger partial charge in [0.15, 0.2) is 5.75 Å². The Morgan fingerprint density at radius 1 is 1.17 bits per heavy atom. The summed E-state index contributed by atoms with van der Waals surface area (Å²) in [6.07, 6.45) is 0.342. The van der Waals surface area contributed by atoms with E-state index in [4.69, 9.17) is 27.9 Å². The van der Waals surface area contributed by atoms with Gasteiger partial charge in [-0.1, -0.05) is 40.9 Å². The van der Waals surface area contributed by atoms with Crippen LogP contribution in [0.4, 0.5) is 5.69 Å². The van der Waals surface area contributed by atoms with Crippen molar-refractivity contribution in [2.24, 2.45) is 0 Å². The topological polar surface area (TPSA) is 32.7 Å². The number of aliphatic hydroxyl groups excluding tert-OH is 1. The van der Waals surface area contributed by atoms with Crippen molar-refractivity contribution in [3.05, 3.63) is 57.6 Å². The fraction of sp³-hybridized carbons (Fsp3) is 0.368. The molecule has 0 saturated carbocycles. The third-order valence-electron chi connectivity index (χ3n) is 4.33. The van der Waals surface area contributed by atoms with Crippen molar-refractivity contribution in [3.63, 3.8) is 0 Å². The van der Waals surface area contributed by atoms with Gasteiger partial charge in [-0.2, -0.15) is 0 Å². The summed E-state index contributed by atoms with van der Waals surface area (Å²) < 4.78 is 6.06. The van der Waals surface area contributed by atoms with Crippen LogP contribution in [0.15, 0.2) is 36.4 Å². The number of aliphatic hydroxyl groups is 1. The predicted octanol–water partition coefficient (Wildman–Crippen LogP) is 5.01. The molecule has 3 nitrogen and oxygen atoms in total. The molecule has 128 valence electrons. The van der Waals surface area contributed by atoms with Crippen molar-refractivity contribution in [1.29, 1.82) is 0 Å². The molecule has 2 atom stereocenters. The van der Waals surface area contributed by atoms with Crippen molar-refractivity contribution in [1.82, 2.24) is 0 Å². The van der Waals surface area contributed by atoms with E-state index in [0.29, 0.717) is 21.4 Å². The fourth-order valence-electron chi connectivity index (χ4n) is 2.91. The second kappa shape index (κ2) is 7.22. The molecule has 0 spiro atoms. The molecule has 0 bridgehead atoms. The van der Waals surface area contributed by atoms with E-state index >= 15 is 0 Å². The van der Waals surface area contributed by atoms with Crippen molar-refractivity contribution >= 4 is 28.9 Å². The molecule has 1 N–H and O–H groups in total. The molecule has 0 amide bonds. The lowest BCUT2D eigenvalue weighted by molar-refractivity contribution is 0.198. The molecular weight excluding hydrogens is 345 g/mol. The number of hydrogen-bond donors (Lipinski definition) is 1. The first kappa shape index (κ1) is 17.4. The molecular formula is C19H21Cl2NO2. The van der Waals surface area contributed by atoms with E-state index in [9.17, 15) is 5.11 Å². The van der Waals surface area contributed by atoms with Gasteiger partial charge < -0.3 is 14.7 Å². The zero-order valence-electron chi connectivity index (χ0n) is 13.8. The van der Waals surface area contributed by atoms with E-state index in [0.717, 1.165) is 19.5 Å². The predicted molar refractivity (Wildman–Crippen MR) is 99.5 cm³/mol. The molecule has 0 aliphatic carbocycles. The van der Waals surface area contributed by atoms with Crippen molar-refractivity contribution < 1.29 is 9.84 Å². The highest BCUT2D eigenvalue weighted by atomic mass is 35.5. The second-order valence-corrected chi connectivity index (χ2v) is 7.11. The lowest BCUT2D eigenvalue weighted by Crippen LogP contribution is -2.24. The van der Waals surface area contributed by atoms with Crippen LogP contribution in [0.1, 0.15) is 30.6 Å². The molecule has 1 aliphatic rings. The number of hydrogen-bond acceptors (Lipinski definition) is 3. The summed E-state index contributed by atoms with van der Waals surface area (Å²) in [5, 5.41) is 10.5. The minimum atomic E-state index is -0.613. The van der Waals surface area contributed by atoms with Crippen molar-refractivity contribution in [2.45, 2.75) is 32.5 Å². The minimum absolute atomic E-state index is 0.0405. The van der Waals surface area contributed by atoms with Gasteiger partial charge in [0.05, 0.1) is 22.7 Å². The lowest BCUT2D eigenvalue weighted by Gasteiger charge is -2.20. The summed E-state index contributed by atoms with van der Waals surface area (Å²) in [5.41, 5.74) is 3.14. The Bertz CT molecular complexity index is 693. The Morgan fingerprint density at radius 2 is 1.79 bits per heavy atom. The van der Waals surface area contributed by atoms with E-state index in [1.807, 2.05) is 0 Å². The maximum Gasteiger partial charge on any atom is 0.157 e. The summed E-state index contributed by atoms with van der Waals surface area (Å²) in [6, 6.07) is 11.9. The fourth-order valence-corrected chi connectivity index (χ4v) is 3.51. The van der Waals surface area contributed by atoms with Gasteiger partial charge in [0.1, 0.15) is 6.10 Å². The van der Waals surface area contributed by atoms with Crippen LogP contribution in [0.5, 0.6) is 5.75 Å². The van der Waals surface area contributed by atoms with Crippen molar-refractivity contribution in [3.8, 4) is 5.75 Å². The average Bonchev–Trinajstić information content (AvgIpc) is 3.00. The number of benzene rings is 2. The maximum absolute atomic E-state index is 9.66. The highest BCUT2D eigenvalue weighted by molar-refractivity contribution is 6.37. The Balaban J connectivity index is 1.70. The van der Waals surface area contributed by atoms with E-state index in [2.05, 4.69) is 36.1 Å². The van der Waals surface area contributed by atoms with Crippen LogP contribution in [0, 0.1) is 6.92 Å². The highest BCUT2D eigenvalue weighted by Crippen LogP contribution is 2.37. The van der Waals surface area contributed by atoms with Gasteiger partial charge in [-0.15, -0.1) is 0 Å². The molecule has 0 aromatic heterocycles. The third kappa shape index (κ3) is 3.80. The normalized spacial score (nSPS) is 18.7. The SMILES string of the molecule is Cc1ccc(N2CCC(Oc3c(Cl)cc(C(C)O)cc3Cl)C2)cc1. The van der Waals surface area contributed by atoms with Gasteiger partial charge in [-0.05, 0) is 43.7 Å². The first-order chi connectivity index (χ1) is 11.4. The molecule has 2 aromatic carbocycles. The van der Waals surface area contributed by atoms with Gasteiger partial charge in [-0.3, -0.25) is 0 Å². The summed E-state index contributed by atoms with van der Waals surface area (Å²) in [5.74, 6) is 0.499. The molecule has 1 aliphatic heterocycles. The molecule has 1 fully saturated rings. The number of aryl methyl sites for hydroxylation is 1. The van der Waals surface area contributed by atoms with Crippen LogP contribution >= 0.6 is 23.2 Å². The summed E-state index contributed by atoms with van der Waals surface area (Å²) in [4.78, 5) is 2.30. The number of halogens is 2. The molecule has 0 radical (unpaired) electrons. The van der Waals surface area contributed by atoms with Crippen LogP contribution in [0.2, 0.25) is 10.0 Å². The summed E-state index contributed by atoms with van der Waals surface area (Å²) in [6.45, 7) is 5.50. The van der Waals surface area contributed by atoms with Crippen LogP contribution in [0.25, 0.3) is 0 Å². The molecule has 2 aromatic rings. The summed E-state index contributed by atoms with van der Waals surface area (Å²) in [7, 11) is 0. The zero-order chi connectivity index (χ0) is 17.3. The number of rotatable bonds is 4. The minimum Gasteiger partial charge on any atom is -0.485 e. The Kier molecular flexibility index (Phi) is 5.24. The lowest BCUT2D eigenvalue weighted by atomic mass is 10.1. The summed E-state index contributed by atoms with van der Waals surface area (Å²) >= 11 is 12.6. The van der Waals surface area contributed by atoms with E-state index in [-0.39, 0.29) is 6.10 Å². The maximum atomic E-state index is 9.66. The van der Waals surface area contributed by atoms with Gasteiger partial charge in [-0.25, -0.2) is 0 Å². The monoisotopic (exact) mass is 365 g/mol. The van der Waals surface area contributed by atoms with Gasteiger partial charge in [0.25, 0.3) is 0 Å². The first-order valence-corrected chi connectivity index (χ1v) is 8.85. The Hall–Kier alpha value is -1.42. The second-order valence-electron chi connectivity index (χ2n) is 6.30. The highest BCUT2D eigenvalue weighted by Gasteiger charge is 2.26. The third-order valence-corrected chi connectivity index (χ3v) is 4.89. The van der Waals surface area contributed by atoms with Crippen LogP contribution < -0.4 is 9.64 Å². The van der Waals surface area contributed by atoms with Crippen LogP contribution in [-0.4, -0.2) is 24.3 Å². The van der Waals surface area contributed by atoms with E-state index in [1.165, 1.54) is 11.3 Å². The zero-order valence-corrected chi connectivity index (χ0v) is 15.3. The van der Waals surface area contributed by atoms with E-state index < -0.39 is 6.10 Å². The van der Waals surface area contributed by atoms with E-state index in [1.54, 1.807) is 19.1 Å². The average molecular weight is 366 g/mol. The van der Waals surface area contributed by atoms with Gasteiger partial charge in [0.2, 0.25) is 0 Å². The van der Waals surface area contributed by atoms with Crippen molar-refractivity contribution in [2.75, 3.05) is 18.0 Å². The van der Waals surface area contributed by atoms with Gasteiger partial charge in [0, 0.05) is 18.7 Å². The molecule has 1 heterocycles. The van der Waals surface area contributed by atoms with Crippen LogP contribution in [-0.2, 0) is 0 Å². The smallest absolute Gasteiger partial charge is 0.157 e. The molecule has 1 saturated heterocycles. The van der Waals surface area contributed by atoms with Crippen LogP contribution in [0.3, 0.4) is 0 Å². The Morgan fingerprint density at radius 3 is 2.38 bits per heavy atom. The number of nitrogens with zero attached hydrogens (tertiary/aromatic N) is 1. The molecule has 3 rings (SSSR count). The molecule has 2 unspecified atom stereocenters. The number of ether oxygens (including phenoxy) is 1. The van der Waals surface area contributed by atoms with Gasteiger partial charge >= 0.3 is 0 Å². The molecule has 5 heteroatoms. The quantitative estimate of drug-likeness (QED) is 0.825. The first-order valence-electron chi connectivity index (χ1n) is 8.09.